The van der Waals surface area contributed by atoms with Gasteiger partial charge < -0.3 is 14.9 Å². The van der Waals surface area contributed by atoms with Crippen LogP contribution in [0.25, 0.3) is 0 Å². The Kier molecular flexibility index (Phi) is 5.06. The fourth-order valence-corrected chi connectivity index (χ4v) is 3.26. The summed E-state index contributed by atoms with van der Waals surface area (Å²) < 4.78 is 0. The molecule has 2 fully saturated rings. The summed E-state index contributed by atoms with van der Waals surface area (Å²) in [4.78, 5) is 29.1. The van der Waals surface area contributed by atoms with Crippen molar-refractivity contribution in [2.45, 2.75) is 13.0 Å². The van der Waals surface area contributed by atoms with Crippen molar-refractivity contribution in [2.24, 2.45) is 0 Å². The van der Waals surface area contributed by atoms with Gasteiger partial charge >= 0.3 is 0 Å². The third-order valence-corrected chi connectivity index (χ3v) is 4.34. The Hall–Kier alpha value is -0.790. The number of rotatable bonds is 4. The molecule has 0 aromatic carbocycles. The number of carbonyl (C=O) groups excluding carboxylic acids is 2. The van der Waals surface area contributed by atoms with Crippen molar-refractivity contribution in [3.05, 3.63) is 0 Å². The molecule has 0 aliphatic carbocycles. The van der Waals surface area contributed by atoms with Crippen molar-refractivity contribution in [3.63, 3.8) is 0 Å². The minimum absolute atomic E-state index is 0.0348. The standard InChI is InChI=1S/C12H21N3O3S/c1-10(16)6-13-2-4-14(5-3-13)11(17)7-15-9-19-8-12(15)18/h10,16H,2-9H2,1H3/t10-/m1/s1. The molecule has 1 atom stereocenters. The second-order valence-corrected chi connectivity index (χ2v) is 6.05. The van der Waals surface area contributed by atoms with E-state index in [-0.39, 0.29) is 24.5 Å². The Balaban J connectivity index is 1.74. The SMILES string of the molecule is C[C@@H](O)CN1CCN(C(=O)CN2CSCC2=O)CC1. The van der Waals surface area contributed by atoms with Gasteiger partial charge in [-0.05, 0) is 6.92 Å². The molecule has 2 aliphatic rings. The first-order chi connectivity index (χ1) is 9.06. The van der Waals surface area contributed by atoms with Crippen LogP contribution in [0.4, 0.5) is 0 Å². The van der Waals surface area contributed by atoms with Crippen LogP contribution in [0.5, 0.6) is 0 Å². The van der Waals surface area contributed by atoms with Crippen LogP contribution in [0.3, 0.4) is 0 Å². The maximum Gasteiger partial charge on any atom is 0.242 e. The highest BCUT2D eigenvalue weighted by molar-refractivity contribution is 8.00. The summed E-state index contributed by atoms with van der Waals surface area (Å²) in [6.07, 6.45) is -0.332. The van der Waals surface area contributed by atoms with Crippen molar-refractivity contribution in [2.75, 3.05) is 50.9 Å². The summed E-state index contributed by atoms with van der Waals surface area (Å²) >= 11 is 1.56. The molecule has 0 saturated carbocycles. The molecule has 6 nitrogen and oxygen atoms in total. The molecule has 0 radical (unpaired) electrons. The first-order valence-electron chi connectivity index (χ1n) is 6.60. The molecule has 0 bridgehead atoms. The number of aliphatic hydroxyl groups is 1. The summed E-state index contributed by atoms with van der Waals surface area (Å²) in [7, 11) is 0. The van der Waals surface area contributed by atoms with Crippen LogP contribution in [0.1, 0.15) is 6.92 Å². The molecular weight excluding hydrogens is 266 g/mol. The van der Waals surface area contributed by atoms with E-state index in [9.17, 15) is 14.7 Å². The van der Waals surface area contributed by atoms with Gasteiger partial charge in [-0.25, -0.2) is 0 Å². The quantitative estimate of drug-likeness (QED) is 0.722. The molecule has 2 amide bonds. The average molecular weight is 287 g/mol. The van der Waals surface area contributed by atoms with Crippen LogP contribution in [0.2, 0.25) is 0 Å². The molecule has 0 spiro atoms. The lowest BCUT2D eigenvalue weighted by Gasteiger charge is -2.35. The van der Waals surface area contributed by atoms with E-state index in [4.69, 9.17) is 0 Å². The van der Waals surface area contributed by atoms with Gasteiger partial charge in [0.15, 0.2) is 0 Å². The number of hydrogen-bond donors (Lipinski definition) is 1. The Morgan fingerprint density at radius 1 is 1.37 bits per heavy atom. The maximum atomic E-state index is 12.1. The maximum absolute atomic E-state index is 12.1. The molecule has 2 saturated heterocycles. The van der Waals surface area contributed by atoms with Gasteiger partial charge in [0.05, 0.1) is 17.7 Å². The fourth-order valence-electron chi connectivity index (χ4n) is 2.36. The van der Waals surface area contributed by atoms with E-state index in [0.717, 1.165) is 13.1 Å². The minimum atomic E-state index is -0.332. The summed E-state index contributed by atoms with van der Waals surface area (Å²) in [5.74, 6) is 1.22. The normalized spacial score (nSPS) is 22.9. The Labute approximate surface area is 117 Å². The molecule has 2 rings (SSSR count). The van der Waals surface area contributed by atoms with Gasteiger partial charge in [-0.3, -0.25) is 14.5 Å². The number of nitrogens with zero attached hydrogens (tertiary/aromatic N) is 3. The molecule has 0 aromatic heterocycles. The van der Waals surface area contributed by atoms with Crippen LogP contribution in [0, 0.1) is 0 Å². The summed E-state index contributed by atoms with van der Waals surface area (Å²) in [6.45, 7) is 5.58. The first-order valence-corrected chi connectivity index (χ1v) is 7.75. The second kappa shape index (κ2) is 6.58. The molecule has 0 unspecified atom stereocenters. The zero-order valence-corrected chi connectivity index (χ0v) is 12.1. The first kappa shape index (κ1) is 14.6. The van der Waals surface area contributed by atoms with Gasteiger partial charge in [0.2, 0.25) is 11.8 Å². The van der Waals surface area contributed by atoms with Crippen LogP contribution in [-0.4, -0.2) is 88.6 Å². The fraction of sp³-hybridized carbons (Fsp3) is 0.833. The number of aliphatic hydroxyl groups excluding tert-OH is 1. The predicted octanol–water partition coefficient (Wildman–Crippen LogP) is -0.956. The highest BCUT2D eigenvalue weighted by atomic mass is 32.2. The van der Waals surface area contributed by atoms with Gasteiger partial charge in [0.1, 0.15) is 6.54 Å². The van der Waals surface area contributed by atoms with Gasteiger partial charge in [-0.1, -0.05) is 0 Å². The van der Waals surface area contributed by atoms with Crippen LogP contribution in [-0.2, 0) is 9.59 Å². The average Bonchev–Trinajstić information content (AvgIpc) is 2.75. The zero-order valence-electron chi connectivity index (χ0n) is 11.2. The topological polar surface area (TPSA) is 64.1 Å². The summed E-state index contributed by atoms with van der Waals surface area (Å²) in [6, 6.07) is 0. The van der Waals surface area contributed by atoms with E-state index in [0.29, 0.717) is 31.3 Å². The number of thioether (sulfide) groups is 1. The largest absolute Gasteiger partial charge is 0.392 e. The lowest BCUT2D eigenvalue weighted by molar-refractivity contribution is -0.139. The highest BCUT2D eigenvalue weighted by Gasteiger charge is 2.27. The highest BCUT2D eigenvalue weighted by Crippen LogP contribution is 2.15. The number of hydrogen-bond acceptors (Lipinski definition) is 5. The van der Waals surface area contributed by atoms with Crippen molar-refractivity contribution in [3.8, 4) is 0 Å². The van der Waals surface area contributed by atoms with Crippen molar-refractivity contribution in [1.29, 1.82) is 0 Å². The Morgan fingerprint density at radius 3 is 2.58 bits per heavy atom. The molecule has 2 aliphatic heterocycles. The smallest absolute Gasteiger partial charge is 0.242 e. The number of β-amino-alcohol motifs (C(OH)–C–C–N with tert-alkyl or cyclic N) is 1. The predicted molar refractivity (Wildman–Crippen MR) is 73.7 cm³/mol. The van der Waals surface area contributed by atoms with Crippen LogP contribution in [0.15, 0.2) is 0 Å². The second-order valence-electron chi connectivity index (χ2n) is 5.10. The Bertz CT molecular complexity index is 343. The van der Waals surface area contributed by atoms with Crippen molar-refractivity contribution >= 4 is 23.6 Å². The summed E-state index contributed by atoms with van der Waals surface area (Å²) in [5.41, 5.74) is 0. The molecule has 2 heterocycles. The third kappa shape index (κ3) is 4.09. The number of piperazine rings is 1. The zero-order chi connectivity index (χ0) is 13.8. The van der Waals surface area contributed by atoms with E-state index in [1.165, 1.54) is 0 Å². The van der Waals surface area contributed by atoms with E-state index in [1.807, 2.05) is 4.90 Å². The van der Waals surface area contributed by atoms with Crippen LogP contribution < -0.4 is 0 Å². The van der Waals surface area contributed by atoms with Gasteiger partial charge in [-0.2, -0.15) is 0 Å². The molecule has 19 heavy (non-hydrogen) atoms. The van der Waals surface area contributed by atoms with E-state index < -0.39 is 0 Å². The van der Waals surface area contributed by atoms with Gasteiger partial charge in [0.25, 0.3) is 0 Å². The van der Waals surface area contributed by atoms with Gasteiger partial charge in [-0.15, -0.1) is 11.8 Å². The lowest BCUT2D eigenvalue weighted by Crippen LogP contribution is -2.52. The Morgan fingerprint density at radius 2 is 2.05 bits per heavy atom. The van der Waals surface area contributed by atoms with Gasteiger partial charge in [0, 0.05) is 32.7 Å². The van der Waals surface area contributed by atoms with E-state index in [2.05, 4.69) is 4.90 Å². The molecule has 7 heteroatoms. The third-order valence-electron chi connectivity index (χ3n) is 3.40. The van der Waals surface area contributed by atoms with E-state index in [1.54, 1.807) is 23.6 Å². The van der Waals surface area contributed by atoms with E-state index >= 15 is 0 Å². The monoisotopic (exact) mass is 287 g/mol. The number of amides is 2. The summed E-state index contributed by atoms with van der Waals surface area (Å²) in [5, 5.41) is 9.33. The van der Waals surface area contributed by atoms with Crippen molar-refractivity contribution in [1.82, 2.24) is 14.7 Å². The lowest BCUT2D eigenvalue weighted by atomic mass is 10.2. The molecule has 108 valence electrons. The number of carbonyl (C=O) groups is 2. The van der Waals surface area contributed by atoms with Crippen LogP contribution >= 0.6 is 11.8 Å². The molecular formula is C12H21N3O3S. The molecule has 1 N–H and O–H groups in total. The van der Waals surface area contributed by atoms with Crippen molar-refractivity contribution < 1.29 is 14.7 Å². The minimum Gasteiger partial charge on any atom is -0.392 e. The molecule has 0 aromatic rings.